The molecule has 4 nitrogen and oxygen atoms in total. The lowest BCUT2D eigenvalue weighted by Crippen LogP contribution is -2.28. The normalized spacial score (nSPS) is 13.0. The standard InChI is InChI=1S/C46H29N3O/c1-3-14-30(15-4-1)43-47-44(49-45(48-43)37-21-13-25-41-42(37)36-20-9-12-24-40(36)50-41)31-26-28-33(29-27-31)46(32-16-5-2-6-17-32)38-22-10-7-18-34(38)35-19-8-11-23-39(35)46/h1-29H. The molecule has 0 bridgehead atoms. The number of hydrogen-bond acceptors (Lipinski definition) is 4. The second-order valence-electron chi connectivity index (χ2n) is 12.7. The fourth-order valence-electron chi connectivity index (χ4n) is 7.88. The lowest BCUT2D eigenvalue weighted by Gasteiger charge is -2.34. The van der Waals surface area contributed by atoms with Gasteiger partial charge in [0.05, 0.1) is 5.41 Å². The first-order valence-electron chi connectivity index (χ1n) is 16.9. The van der Waals surface area contributed by atoms with Crippen LogP contribution < -0.4 is 0 Å². The van der Waals surface area contributed by atoms with E-state index in [1.54, 1.807) is 0 Å². The first-order chi connectivity index (χ1) is 24.8. The number of benzene rings is 7. The predicted molar refractivity (Wildman–Crippen MR) is 201 cm³/mol. The minimum Gasteiger partial charge on any atom is -0.456 e. The van der Waals surface area contributed by atoms with Crippen molar-refractivity contribution in [3.8, 4) is 45.3 Å². The van der Waals surface area contributed by atoms with Crippen LogP contribution in [0.4, 0.5) is 0 Å². The molecule has 9 aromatic rings. The molecule has 0 saturated carbocycles. The molecule has 0 saturated heterocycles. The van der Waals surface area contributed by atoms with Gasteiger partial charge in [0.1, 0.15) is 11.2 Å². The van der Waals surface area contributed by atoms with Crippen molar-refractivity contribution in [2.75, 3.05) is 0 Å². The summed E-state index contributed by atoms with van der Waals surface area (Å²) in [7, 11) is 0. The van der Waals surface area contributed by atoms with Crippen LogP contribution >= 0.6 is 0 Å². The lowest BCUT2D eigenvalue weighted by molar-refractivity contribution is 0.669. The van der Waals surface area contributed by atoms with Crippen molar-refractivity contribution in [3.63, 3.8) is 0 Å². The fourth-order valence-corrected chi connectivity index (χ4v) is 7.88. The molecule has 1 aliphatic rings. The highest BCUT2D eigenvalue weighted by Crippen LogP contribution is 2.56. The molecule has 1 aliphatic carbocycles. The van der Waals surface area contributed by atoms with Gasteiger partial charge in [-0.05, 0) is 45.5 Å². The molecule has 0 spiro atoms. The molecule has 0 N–H and O–H groups in total. The van der Waals surface area contributed by atoms with Gasteiger partial charge in [-0.3, -0.25) is 0 Å². The van der Waals surface area contributed by atoms with Crippen molar-refractivity contribution in [2.24, 2.45) is 0 Å². The summed E-state index contributed by atoms with van der Waals surface area (Å²) >= 11 is 0. The number of para-hydroxylation sites is 1. The fraction of sp³-hybridized carbons (Fsp3) is 0.0217. The zero-order valence-electron chi connectivity index (χ0n) is 27.0. The Hall–Kier alpha value is -6.65. The molecular formula is C46H29N3O. The molecule has 234 valence electrons. The summed E-state index contributed by atoms with van der Waals surface area (Å²) in [5.41, 5.74) is 11.5. The van der Waals surface area contributed by atoms with Gasteiger partial charge in [-0.1, -0.05) is 164 Å². The summed E-state index contributed by atoms with van der Waals surface area (Å²) in [6.45, 7) is 0. The van der Waals surface area contributed by atoms with Gasteiger partial charge in [-0.2, -0.15) is 0 Å². The van der Waals surface area contributed by atoms with Crippen LogP contribution in [0.3, 0.4) is 0 Å². The maximum Gasteiger partial charge on any atom is 0.164 e. The minimum atomic E-state index is -0.468. The number of furan rings is 1. The Morgan fingerprint density at radius 3 is 1.56 bits per heavy atom. The quantitative estimate of drug-likeness (QED) is 0.188. The summed E-state index contributed by atoms with van der Waals surface area (Å²) in [6.07, 6.45) is 0. The molecule has 50 heavy (non-hydrogen) atoms. The number of rotatable bonds is 5. The van der Waals surface area contributed by atoms with E-state index in [9.17, 15) is 0 Å². The van der Waals surface area contributed by atoms with Gasteiger partial charge in [-0.25, -0.2) is 15.0 Å². The summed E-state index contributed by atoms with van der Waals surface area (Å²) in [5, 5.41) is 2.03. The van der Waals surface area contributed by atoms with Gasteiger partial charge in [0.15, 0.2) is 17.5 Å². The zero-order chi connectivity index (χ0) is 33.1. The Bertz CT molecular complexity index is 2650. The molecular weight excluding hydrogens is 611 g/mol. The Balaban J connectivity index is 1.17. The highest BCUT2D eigenvalue weighted by molar-refractivity contribution is 6.11. The number of aromatic nitrogens is 3. The second kappa shape index (κ2) is 11.2. The maximum absolute atomic E-state index is 6.23. The lowest BCUT2D eigenvalue weighted by atomic mass is 9.67. The van der Waals surface area contributed by atoms with Crippen LogP contribution in [0.5, 0.6) is 0 Å². The van der Waals surface area contributed by atoms with Crippen molar-refractivity contribution in [1.82, 2.24) is 15.0 Å². The highest BCUT2D eigenvalue weighted by Gasteiger charge is 2.45. The summed E-state index contributed by atoms with van der Waals surface area (Å²) in [5.74, 6) is 1.85. The first kappa shape index (κ1) is 28.4. The van der Waals surface area contributed by atoms with Crippen molar-refractivity contribution >= 4 is 21.9 Å². The molecule has 0 atom stereocenters. The van der Waals surface area contributed by atoms with Gasteiger partial charge in [0, 0.05) is 27.5 Å². The Morgan fingerprint density at radius 2 is 0.860 bits per heavy atom. The Morgan fingerprint density at radius 1 is 0.360 bits per heavy atom. The van der Waals surface area contributed by atoms with Crippen LogP contribution in [0.2, 0.25) is 0 Å². The van der Waals surface area contributed by atoms with Crippen LogP contribution in [-0.2, 0) is 5.41 Å². The molecule has 10 rings (SSSR count). The largest absolute Gasteiger partial charge is 0.456 e. The molecule has 0 amide bonds. The topological polar surface area (TPSA) is 51.8 Å². The second-order valence-corrected chi connectivity index (χ2v) is 12.7. The zero-order valence-corrected chi connectivity index (χ0v) is 27.0. The summed E-state index contributed by atoms with van der Waals surface area (Å²) in [6, 6.07) is 61.6. The van der Waals surface area contributed by atoms with Crippen LogP contribution in [0, 0.1) is 0 Å². The van der Waals surface area contributed by atoms with E-state index in [1.165, 1.54) is 33.4 Å². The number of fused-ring (bicyclic) bond motifs is 6. The SMILES string of the molecule is c1ccc(-c2nc(-c3ccc(C4(c5ccccc5)c5ccccc5-c5ccccc54)cc3)nc(-c3cccc4oc5ccccc5c34)n2)cc1. The van der Waals surface area contributed by atoms with Gasteiger partial charge in [-0.15, -0.1) is 0 Å². The maximum atomic E-state index is 6.23. The van der Waals surface area contributed by atoms with Gasteiger partial charge in [0.25, 0.3) is 0 Å². The Kier molecular flexibility index (Phi) is 6.36. The van der Waals surface area contributed by atoms with E-state index in [-0.39, 0.29) is 0 Å². The van der Waals surface area contributed by atoms with Gasteiger partial charge >= 0.3 is 0 Å². The third kappa shape index (κ3) is 4.22. The van der Waals surface area contributed by atoms with E-state index in [0.29, 0.717) is 17.5 Å². The molecule has 0 fully saturated rings. The van der Waals surface area contributed by atoms with E-state index in [0.717, 1.165) is 38.6 Å². The van der Waals surface area contributed by atoms with Crippen LogP contribution in [-0.4, -0.2) is 15.0 Å². The van der Waals surface area contributed by atoms with Crippen molar-refractivity contribution in [1.29, 1.82) is 0 Å². The average Bonchev–Trinajstić information content (AvgIpc) is 3.73. The average molecular weight is 640 g/mol. The van der Waals surface area contributed by atoms with E-state index in [4.69, 9.17) is 19.4 Å². The van der Waals surface area contributed by atoms with Crippen LogP contribution in [0.1, 0.15) is 22.3 Å². The minimum absolute atomic E-state index is 0.468. The van der Waals surface area contributed by atoms with Crippen LogP contribution in [0.25, 0.3) is 67.2 Å². The molecule has 4 heteroatoms. The third-order valence-electron chi connectivity index (χ3n) is 10.0. The molecule has 0 aliphatic heterocycles. The molecule has 7 aromatic carbocycles. The van der Waals surface area contributed by atoms with Gasteiger partial charge in [0.2, 0.25) is 0 Å². The number of hydrogen-bond donors (Lipinski definition) is 0. The predicted octanol–water partition coefficient (Wildman–Crippen LogP) is 11.1. The van der Waals surface area contributed by atoms with Crippen molar-refractivity contribution < 1.29 is 4.42 Å². The molecule has 2 heterocycles. The molecule has 2 aromatic heterocycles. The van der Waals surface area contributed by atoms with E-state index >= 15 is 0 Å². The van der Waals surface area contributed by atoms with Crippen molar-refractivity contribution in [2.45, 2.75) is 5.41 Å². The summed E-state index contributed by atoms with van der Waals surface area (Å²) < 4.78 is 6.23. The van der Waals surface area contributed by atoms with E-state index < -0.39 is 5.41 Å². The molecule has 0 radical (unpaired) electrons. The first-order valence-corrected chi connectivity index (χ1v) is 16.9. The smallest absolute Gasteiger partial charge is 0.164 e. The van der Waals surface area contributed by atoms with E-state index in [2.05, 4.69) is 115 Å². The third-order valence-corrected chi connectivity index (χ3v) is 10.0. The van der Waals surface area contributed by atoms with E-state index in [1.807, 2.05) is 60.7 Å². The summed E-state index contributed by atoms with van der Waals surface area (Å²) in [4.78, 5) is 15.3. The molecule has 0 unspecified atom stereocenters. The van der Waals surface area contributed by atoms with Crippen LogP contribution in [0.15, 0.2) is 180 Å². The highest BCUT2D eigenvalue weighted by atomic mass is 16.3. The monoisotopic (exact) mass is 639 g/mol. The van der Waals surface area contributed by atoms with Crippen molar-refractivity contribution in [3.05, 3.63) is 198 Å². The number of nitrogens with zero attached hydrogens (tertiary/aromatic N) is 3. The Labute approximate surface area is 289 Å². The van der Waals surface area contributed by atoms with Gasteiger partial charge < -0.3 is 4.42 Å².